The number of hydrogen-bond acceptors (Lipinski definition) is 3. The van der Waals surface area contributed by atoms with E-state index in [0.29, 0.717) is 24.9 Å². The van der Waals surface area contributed by atoms with Gasteiger partial charge in [0.05, 0.1) is 5.75 Å². The molecular formula is C11H24N2O2S. The lowest BCUT2D eigenvalue weighted by molar-refractivity contribution is 0.416. The first-order valence-corrected chi connectivity index (χ1v) is 7.70. The van der Waals surface area contributed by atoms with Crippen molar-refractivity contribution in [3.63, 3.8) is 0 Å². The first-order valence-electron chi connectivity index (χ1n) is 6.09. The van der Waals surface area contributed by atoms with Crippen molar-refractivity contribution >= 4 is 10.0 Å². The molecule has 0 aromatic heterocycles. The molecule has 1 fully saturated rings. The summed E-state index contributed by atoms with van der Waals surface area (Å²) in [7, 11) is -1.37. The first kappa shape index (κ1) is 13.9. The number of sulfonamides is 1. The molecule has 0 spiro atoms. The van der Waals surface area contributed by atoms with Gasteiger partial charge < -0.3 is 5.32 Å². The van der Waals surface area contributed by atoms with Crippen molar-refractivity contribution in [3.8, 4) is 0 Å². The lowest BCUT2D eigenvalue weighted by Crippen LogP contribution is -2.33. The molecule has 0 aromatic carbocycles. The minimum absolute atomic E-state index is 0.260. The zero-order valence-electron chi connectivity index (χ0n) is 10.6. The van der Waals surface area contributed by atoms with Crippen molar-refractivity contribution in [2.75, 3.05) is 25.9 Å². The second-order valence-electron chi connectivity index (χ2n) is 5.07. The highest BCUT2D eigenvalue weighted by Crippen LogP contribution is 2.18. The van der Waals surface area contributed by atoms with Crippen molar-refractivity contribution in [3.05, 3.63) is 0 Å². The van der Waals surface area contributed by atoms with Crippen LogP contribution in [0.4, 0.5) is 0 Å². The lowest BCUT2D eigenvalue weighted by atomic mass is 10.2. The minimum Gasteiger partial charge on any atom is -0.314 e. The number of rotatable bonds is 8. The standard InChI is InChI=1S/C11H24N2O2S/c1-10(2)9-13(3)16(14,15)8-4-7-12-11-5-6-11/h10-12H,4-9H2,1-3H3. The predicted molar refractivity (Wildman–Crippen MR) is 66.9 cm³/mol. The summed E-state index contributed by atoms with van der Waals surface area (Å²) in [5, 5.41) is 3.33. The van der Waals surface area contributed by atoms with E-state index in [4.69, 9.17) is 0 Å². The molecule has 1 saturated carbocycles. The van der Waals surface area contributed by atoms with Crippen molar-refractivity contribution < 1.29 is 8.42 Å². The Hall–Kier alpha value is -0.130. The molecule has 0 saturated heterocycles. The maximum Gasteiger partial charge on any atom is 0.213 e. The minimum atomic E-state index is -3.04. The highest BCUT2D eigenvalue weighted by Gasteiger charge is 2.21. The third kappa shape index (κ3) is 5.27. The van der Waals surface area contributed by atoms with Gasteiger partial charge in [-0.2, -0.15) is 0 Å². The molecule has 0 amide bonds. The van der Waals surface area contributed by atoms with Gasteiger partial charge in [0.2, 0.25) is 10.0 Å². The highest BCUT2D eigenvalue weighted by atomic mass is 32.2. The molecule has 1 aliphatic carbocycles. The van der Waals surface area contributed by atoms with Crippen molar-refractivity contribution in [1.29, 1.82) is 0 Å². The van der Waals surface area contributed by atoms with E-state index in [2.05, 4.69) is 5.32 Å². The van der Waals surface area contributed by atoms with Gasteiger partial charge in [0, 0.05) is 19.6 Å². The van der Waals surface area contributed by atoms with Crippen LogP contribution in [0.1, 0.15) is 33.1 Å². The van der Waals surface area contributed by atoms with Crippen LogP contribution in [0, 0.1) is 5.92 Å². The van der Waals surface area contributed by atoms with Gasteiger partial charge in [-0.25, -0.2) is 12.7 Å². The molecule has 0 aliphatic heterocycles. The molecular weight excluding hydrogens is 224 g/mol. The normalized spacial score (nSPS) is 17.3. The summed E-state index contributed by atoms with van der Waals surface area (Å²) in [5.41, 5.74) is 0. The van der Waals surface area contributed by atoms with E-state index in [-0.39, 0.29) is 5.75 Å². The molecule has 0 radical (unpaired) electrons. The third-order valence-corrected chi connectivity index (χ3v) is 4.59. The Morgan fingerprint density at radius 2 is 2.00 bits per heavy atom. The van der Waals surface area contributed by atoms with Crippen LogP contribution in [0.2, 0.25) is 0 Å². The van der Waals surface area contributed by atoms with E-state index >= 15 is 0 Å². The summed E-state index contributed by atoms with van der Waals surface area (Å²) in [6, 6.07) is 0.663. The van der Waals surface area contributed by atoms with Crippen LogP contribution in [0.25, 0.3) is 0 Å². The molecule has 1 N–H and O–H groups in total. The Kier molecular flexibility index (Phi) is 5.21. The molecule has 1 aliphatic rings. The average Bonchev–Trinajstić information content (AvgIpc) is 2.95. The van der Waals surface area contributed by atoms with E-state index in [1.807, 2.05) is 13.8 Å². The second kappa shape index (κ2) is 5.98. The van der Waals surface area contributed by atoms with Gasteiger partial charge in [-0.05, 0) is 31.7 Å². The largest absolute Gasteiger partial charge is 0.314 e. The summed E-state index contributed by atoms with van der Waals surface area (Å²) in [4.78, 5) is 0. The van der Waals surface area contributed by atoms with Crippen molar-refractivity contribution in [1.82, 2.24) is 9.62 Å². The molecule has 1 rings (SSSR count). The van der Waals surface area contributed by atoms with Gasteiger partial charge in [-0.1, -0.05) is 13.8 Å². The number of nitrogens with one attached hydrogen (secondary N) is 1. The summed E-state index contributed by atoms with van der Waals surface area (Å²) in [5.74, 6) is 0.639. The van der Waals surface area contributed by atoms with Gasteiger partial charge in [-0.3, -0.25) is 0 Å². The summed E-state index contributed by atoms with van der Waals surface area (Å²) in [6.07, 6.45) is 3.21. The Morgan fingerprint density at radius 1 is 1.38 bits per heavy atom. The highest BCUT2D eigenvalue weighted by molar-refractivity contribution is 7.89. The fourth-order valence-electron chi connectivity index (χ4n) is 1.63. The summed E-state index contributed by atoms with van der Waals surface area (Å²) >= 11 is 0. The topological polar surface area (TPSA) is 49.4 Å². The predicted octanol–water partition coefficient (Wildman–Crippen LogP) is 1.05. The Labute approximate surface area is 99.5 Å². The first-order chi connectivity index (χ1) is 7.42. The molecule has 0 aromatic rings. The zero-order valence-corrected chi connectivity index (χ0v) is 11.4. The van der Waals surface area contributed by atoms with Gasteiger partial charge in [0.25, 0.3) is 0 Å². The quantitative estimate of drug-likeness (QED) is 0.653. The van der Waals surface area contributed by atoms with Crippen molar-refractivity contribution in [2.24, 2.45) is 5.92 Å². The monoisotopic (exact) mass is 248 g/mol. The van der Waals surface area contributed by atoms with Crippen LogP contribution < -0.4 is 5.32 Å². The van der Waals surface area contributed by atoms with E-state index in [1.54, 1.807) is 7.05 Å². The third-order valence-electron chi connectivity index (χ3n) is 2.69. The Morgan fingerprint density at radius 3 is 2.50 bits per heavy atom. The molecule has 0 bridgehead atoms. The second-order valence-corrected chi connectivity index (χ2v) is 7.27. The Bertz CT molecular complexity index is 297. The van der Waals surface area contributed by atoms with Crippen LogP contribution in [0.15, 0.2) is 0 Å². The van der Waals surface area contributed by atoms with Crippen molar-refractivity contribution in [2.45, 2.75) is 39.2 Å². The summed E-state index contributed by atoms with van der Waals surface area (Å²) < 4.78 is 25.1. The van der Waals surface area contributed by atoms with E-state index in [0.717, 1.165) is 6.54 Å². The molecule has 5 heteroatoms. The van der Waals surface area contributed by atoms with E-state index < -0.39 is 10.0 Å². The summed E-state index contributed by atoms with van der Waals surface area (Å²) in [6.45, 7) is 5.49. The van der Waals surface area contributed by atoms with E-state index in [9.17, 15) is 8.42 Å². The fourth-order valence-corrected chi connectivity index (χ4v) is 2.98. The molecule has 96 valence electrons. The molecule has 0 unspecified atom stereocenters. The molecule has 0 atom stereocenters. The van der Waals surface area contributed by atoms with Gasteiger partial charge in [0.15, 0.2) is 0 Å². The van der Waals surface area contributed by atoms with Crippen LogP contribution in [-0.4, -0.2) is 44.7 Å². The van der Waals surface area contributed by atoms with Gasteiger partial charge in [-0.15, -0.1) is 0 Å². The van der Waals surface area contributed by atoms with Crippen LogP contribution in [0.3, 0.4) is 0 Å². The zero-order chi connectivity index (χ0) is 12.2. The van der Waals surface area contributed by atoms with Gasteiger partial charge in [0.1, 0.15) is 0 Å². The Balaban J connectivity index is 2.20. The maximum absolute atomic E-state index is 11.8. The van der Waals surface area contributed by atoms with Crippen LogP contribution in [0.5, 0.6) is 0 Å². The smallest absolute Gasteiger partial charge is 0.213 e. The van der Waals surface area contributed by atoms with Crippen LogP contribution >= 0.6 is 0 Å². The number of hydrogen-bond donors (Lipinski definition) is 1. The molecule has 0 heterocycles. The molecule has 16 heavy (non-hydrogen) atoms. The fraction of sp³-hybridized carbons (Fsp3) is 1.00. The van der Waals surface area contributed by atoms with Crippen LogP contribution in [-0.2, 0) is 10.0 Å². The number of nitrogens with zero attached hydrogens (tertiary/aromatic N) is 1. The van der Waals surface area contributed by atoms with Gasteiger partial charge >= 0.3 is 0 Å². The average molecular weight is 248 g/mol. The lowest BCUT2D eigenvalue weighted by Gasteiger charge is -2.19. The maximum atomic E-state index is 11.8. The SMILES string of the molecule is CC(C)CN(C)S(=O)(=O)CCCNC1CC1. The van der Waals surface area contributed by atoms with E-state index in [1.165, 1.54) is 17.1 Å². The molecule has 4 nitrogen and oxygen atoms in total.